The summed E-state index contributed by atoms with van der Waals surface area (Å²) in [6, 6.07) is 10.3. The van der Waals surface area contributed by atoms with Gasteiger partial charge in [0.15, 0.2) is 0 Å². The molecule has 0 aliphatic carbocycles. The first kappa shape index (κ1) is 13.7. The van der Waals surface area contributed by atoms with E-state index in [-0.39, 0.29) is 5.88 Å². The average molecular weight is 265 g/mol. The number of hydrogen-bond donors (Lipinski definition) is 2. The van der Waals surface area contributed by atoms with E-state index in [1.807, 2.05) is 11.4 Å². The number of hydrogen-bond acceptors (Lipinski definition) is 5. The summed E-state index contributed by atoms with van der Waals surface area (Å²) in [5, 5.41) is 14.2. The minimum Gasteiger partial charge on any atom is -0.289 e. The number of amides is 2. The van der Waals surface area contributed by atoms with Crippen LogP contribution in [-0.2, 0) is 9.59 Å². The van der Waals surface area contributed by atoms with Gasteiger partial charge in [0.2, 0.25) is 11.6 Å². The van der Waals surface area contributed by atoms with Crippen molar-refractivity contribution in [3.8, 4) is 6.07 Å². The zero-order valence-electron chi connectivity index (χ0n) is 9.18. The van der Waals surface area contributed by atoms with Crippen molar-refractivity contribution in [2.45, 2.75) is 0 Å². The van der Waals surface area contributed by atoms with Crippen molar-refractivity contribution < 1.29 is 9.59 Å². The van der Waals surface area contributed by atoms with Crippen LogP contribution in [0, 0.1) is 11.3 Å². The number of nitrogens with zero attached hydrogens (tertiary/aromatic N) is 2. The monoisotopic (exact) mass is 264 g/mol. The van der Waals surface area contributed by atoms with Gasteiger partial charge >= 0.3 is 0 Å². The van der Waals surface area contributed by atoms with E-state index in [9.17, 15) is 9.59 Å². The molecule has 1 aromatic rings. The largest absolute Gasteiger partial charge is 0.289 e. The number of alkyl halides is 1. The molecular formula is C11H9ClN4O2. The molecule has 7 heteroatoms. The molecule has 0 unspecified atom stereocenters. The van der Waals surface area contributed by atoms with Crippen LogP contribution in [0.25, 0.3) is 0 Å². The zero-order chi connectivity index (χ0) is 13.4. The van der Waals surface area contributed by atoms with Crippen LogP contribution in [0.4, 0.5) is 5.69 Å². The van der Waals surface area contributed by atoms with Gasteiger partial charge in [0.05, 0.1) is 5.69 Å². The third-order valence-corrected chi connectivity index (χ3v) is 2.01. The Labute approximate surface area is 108 Å². The fourth-order valence-corrected chi connectivity index (χ4v) is 1.05. The van der Waals surface area contributed by atoms with Gasteiger partial charge in [-0.1, -0.05) is 18.2 Å². The summed E-state index contributed by atoms with van der Waals surface area (Å²) in [6.45, 7) is 0. The molecule has 0 aliphatic heterocycles. The Kier molecular flexibility index (Phi) is 5.35. The van der Waals surface area contributed by atoms with E-state index in [1.165, 1.54) is 0 Å². The molecule has 1 rings (SSSR count). The second kappa shape index (κ2) is 7.04. The number of nitrogens with one attached hydrogen (secondary N) is 2. The summed E-state index contributed by atoms with van der Waals surface area (Å²) in [7, 11) is 0. The van der Waals surface area contributed by atoms with E-state index >= 15 is 0 Å². The molecule has 0 saturated heterocycles. The number of hydrazone groups is 1. The van der Waals surface area contributed by atoms with Crippen molar-refractivity contribution in [3.63, 3.8) is 0 Å². The predicted octanol–water partition coefficient (Wildman–Crippen LogP) is 0.860. The topological polar surface area (TPSA) is 94.3 Å². The van der Waals surface area contributed by atoms with Crippen molar-refractivity contribution in [2.24, 2.45) is 5.10 Å². The van der Waals surface area contributed by atoms with Crippen molar-refractivity contribution in [1.29, 1.82) is 5.26 Å². The third-order valence-electron chi connectivity index (χ3n) is 1.77. The molecule has 0 spiro atoms. The maximum Gasteiger partial charge on any atom is 0.289 e. The van der Waals surface area contributed by atoms with E-state index in [0.717, 1.165) is 0 Å². The fourth-order valence-electron chi connectivity index (χ4n) is 0.979. The summed E-state index contributed by atoms with van der Waals surface area (Å²) in [5.41, 5.74) is 2.68. The first-order valence-electron chi connectivity index (χ1n) is 4.86. The van der Waals surface area contributed by atoms with Gasteiger partial charge in [0.25, 0.3) is 5.91 Å². The van der Waals surface area contributed by atoms with E-state index in [0.29, 0.717) is 5.69 Å². The van der Waals surface area contributed by atoms with Gasteiger partial charge in [-0.25, -0.2) is 0 Å². The number of carbonyl (C=O) groups excluding carboxylic acids is 2. The molecule has 2 N–H and O–H groups in total. The summed E-state index contributed by atoms with van der Waals surface area (Å²) in [6.07, 6.45) is 0. The number of carbonyl (C=O) groups is 2. The normalized spacial score (nSPS) is 10.3. The quantitative estimate of drug-likeness (QED) is 0.479. The lowest BCUT2D eigenvalue weighted by molar-refractivity contribution is -0.125. The summed E-state index contributed by atoms with van der Waals surface area (Å²) in [4.78, 5) is 22.2. The van der Waals surface area contributed by atoms with Crippen LogP contribution in [-0.4, -0.2) is 23.4 Å². The van der Waals surface area contributed by atoms with Crippen LogP contribution in [0.2, 0.25) is 0 Å². The maximum absolute atomic E-state index is 11.4. The van der Waals surface area contributed by atoms with Crippen LogP contribution < -0.4 is 10.7 Å². The molecule has 0 saturated carbocycles. The van der Waals surface area contributed by atoms with Gasteiger partial charge in [0, 0.05) is 0 Å². The van der Waals surface area contributed by atoms with Crippen LogP contribution in [0.15, 0.2) is 35.4 Å². The summed E-state index contributed by atoms with van der Waals surface area (Å²) < 4.78 is 0. The van der Waals surface area contributed by atoms with Gasteiger partial charge in [0.1, 0.15) is 11.9 Å². The molecule has 0 bridgehead atoms. The number of benzene rings is 1. The van der Waals surface area contributed by atoms with Crippen LogP contribution in [0.3, 0.4) is 0 Å². The first-order valence-corrected chi connectivity index (χ1v) is 5.40. The summed E-state index contributed by atoms with van der Waals surface area (Å²) in [5.74, 6) is -1.95. The average Bonchev–Trinajstić information content (AvgIpc) is 2.40. The number of rotatable bonds is 4. The Morgan fingerprint density at radius 1 is 1.33 bits per heavy atom. The van der Waals surface area contributed by atoms with E-state index in [2.05, 4.69) is 10.5 Å². The number of nitriles is 1. The zero-order valence-corrected chi connectivity index (χ0v) is 9.94. The molecule has 0 aromatic heterocycles. The first-order chi connectivity index (χ1) is 8.67. The molecule has 18 heavy (non-hydrogen) atoms. The highest BCUT2D eigenvalue weighted by Crippen LogP contribution is 2.04. The van der Waals surface area contributed by atoms with Crippen molar-refractivity contribution in [3.05, 3.63) is 30.3 Å². The lowest BCUT2D eigenvalue weighted by atomic mass is 10.3. The predicted molar refractivity (Wildman–Crippen MR) is 67.0 cm³/mol. The molecule has 0 atom stereocenters. The fraction of sp³-hybridized carbons (Fsp3) is 0.0909. The Morgan fingerprint density at radius 2 is 2.00 bits per heavy atom. The Hall–Kier alpha value is -2.39. The molecular weight excluding hydrogens is 256 g/mol. The second-order valence-electron chi connectivity index (χ2n) is 3.06. The minimum atomic E-state index is -0.897. The lowest BCUT2D eigenvalue weighted by Crippen LogP contribution is -2.36. The van der Waals surface area contributed by atoms with Crippen molar-refractivity contribution in [2.75, 3.05) is 11.3 Å². The Morgan fingerprint density at radius 3 is 2.56 bits per heavy atom. The van der Waals surface area contributed by atoms with Crippen molar-refractivity contribution >= 4 is 34.8 Å². The number of halogens is 1. The van der Waals surface area contributed by atoms with Gasteiger partial charge < -0.3 is 0 Å². The third kappa shape index (κ3) is 4.23. The molecule has 2 amide bonds. The maximum atomic E-state index is 11.4. The molecule has 0 aliphatic rings. The molecule has 1 aromatic carbocycles. The van der Waals surface area contributed by atoms with E-state index in [4.69, 9.17) is 16.9 Å². The Balaban J connectivity index is 2.69. The van der Waals surface area contributed by atoms with Gasteiger partial charge in [-0.15, -0.1) is 11.6 Å². The minimum absolute atomic E-state index is 0.365. The van der Waals surface area contributed by atoms with Crippen molar-refractivity contribution in [1.82, 2.24) is 5.32 Å². The van der Waals surface area contributed by atoms with Crippen LogP contribution in [0.5, 0.6) is 0 Å². The van der Waals surface area contributed by atoms with E-state index in [1.54, 1.807) is 30.3 Å². The standard InChI is InChI=1S/C11H9ClN4O2/c12-6-10(17)14-11(18)9(7-13)16-15-8-4-2-1-3-5-8/h1-5,15H,6H2,(H,14,17,18)/b16-9-. The molecule has 0 radical (unpaired) electrons. The number of anilines is 1. The van der Waals surface area contributed by atoms with Gasteiger partial charge in [-0.3, -0.25) is 20.3 Å². The van der Waals surface area contributed by atoms with Gasteiger partial charge in [-0.05, 0) is 12.1 Å². The molecule has 0 fully saturated rings. The number of para-hydroxylation sites is 1. The highest BCUT2D eigenvalue weighted by Gasteiger charge is 2.13. The van der Waals surface area contributed by atoms with Crippen LogP contribution in [0.1, 0.15) is 0 Å². The number of imide groups is 1. The smallest absolute Gasteiger partial charge is 0.289 e. The van der Waals surface area contributed by atoms with Crippen LogP contribution >= 0.6 is 11.6 Å². The highest BCUT2D eigenvalue weighted by atomic mass is 35.5. The SMILES string of the molecule is N#C/C(=N/Nc1ccccc1)C(=O)NC(=O)CCl. The molecule has 0 heterocycles. The Bertz CT molecular complexity index is 508. The summed E-state index contributed by atoms with van der Waals surface area (Å²) >= 11 is 5.21. The van der Waals surface area contributed by atoms with Gasteiger partial charge in [-0.2, -0.15) is 10.4 Å². The van der Waals surface area contributed by atoms with E-state index < -0.39 is 17.5 Å². The lowest BCUT2D eigenvalue weighted by Gasteiger charge is -2.01. The second-order valence-corrected chi connectivity index (χ2v) is 3.33. The molecule has 92 valence electrons. The molecule has 6 nitrogen and oxygen atoms in total. The highest BCUT2D eigenvalue weighted by molar-refractivity contribution is 6.47.